The number of fused-ring (bicyclic) bond motifs is 1. The van der Waals surface area contributed by atoms with Gasteiger partial charge in [0.2, 0.25) is 0 Å². The Kier molecular flexibility index (Phi) is 3.38. The van der Waals surface area contributed by atoms with Crippen LogP contribution in [0.1, 0.15) is 27.2 Å². The van der Waals surface area contributed by atoms with Gasteiger partial charge in [-0.1, -0.05) is 0 Å². The molecule has 4 nitrogen and oxygen atoms in total. The van der Waals surface area contributed by atoms with Gasteiger partial charge in [-0.05, 0) is 33.1 Å². The van der Waals surface area contributed by atoms with Crippen LogP contribution in [0.5, 0.6) is 0 Å². The van der Waals surface area contributed by atoms with Gasteiger partial charge < -0.3 is 15.1 Å². The van der Waals surface area contributed by atoms with Crippen LogP contribution < -0.4 is 5.32 Å². The third kappa shape index (κ3) is 1.79. The number of carbonyl (C=O) groups is 1. The summed E-state index contributed by atoms with van der Waals surface area (Å²) in [7, 11) is 0. The summed E-state index contributed by atoms with van der Waals surface area (Å²) in [5, 5.41) is 3.39. The second-order valence-corrected chi connectivity index (χ2v) is 4.93. The van der Waals surface area contributed by atoms with Crippen molar-refractivity contribution in [3.63, 3.8) is 0 Å². The lowest BCUT2D eigenvalue weighted by molar-refractivity contribution is 0.138. The maximum Gasteiger partial charge on any atom is 0.320 e. The molecule has 3 atom stereocenters. The van der Waals surface area contributed by atoms with Gasteiger partial charge in [-0.3, -0.25) is 0 Å². The number of nitrogens with one attached hydrogen (secondary N) is 1. The molecule has 2 heterocycles. The zero-order chi connectivity index (χ0) is 11.7. The average molecular weight is 225 g/mol. The van der Waals surface area contributed by atoms with Crippen molar-refractivity contribution in [2.45, 2.75) is 39.3 Å². The van der Waals surface area contributed by atoms with Crippen molar-refractivity contribution in [3.8, 4) is 0 Å². The van der Waals surface area contributed by atoms with E-state index in [1.807, 2.05) is 18.7 Å². The zero-order valence-electron chi connectivity index (χ0n) is 10.6. The highest BCUT2D eigenvalue weighted by molar-refractivity contribution is 5.75. The van der Waals surface area contributed by atoms with Gasteiger partial charge >= 0.3 is 6.03 Å². The monoisotopic (exact) mass is 225 g/mol. The summed E-state index contributed by atoms with van der Waals surface area (Å²) in [6.45, 7) is 9.95. The Morgan fingerprint density at radius 2 is 2.06 bits per heavy atom. The van der Waals surface area contributed by atoms with E-state index in [0.29, 0.717) is 18.0 Å². The third-order valence-electron chi connectivity index (χ3n) is 4.04. The van der Waals surface area contributed by atoms with Gasteiger partial charge in [-0.15, -0.1) is 0 Å². The SMILES string of the molecule is CCN(CC)C(=O)N1C(C)CC2CNCC21. The molecule has 2 saturated heterocycles. The smallest absolute Gasteiger partial charge is 0.320 e. The Morgan fingerprint density at radius 3 is 2.69 bits per heavy atom. The van der Waals surface area contributed by atoms with Crippen molar-refractivity contribution >= 4 is 6.03 Å². The molecule has 0 aromatic carbocycles. The largest absolute Gasteiger partial charge is 0.325 e. The molecule has 0 saturated carbocycles. The maximum absolute atomic E-state index is 12.4. The molecule has 2 aliphatic rings. The van der Waals surface area contributed by atoms with Crippen molar-refractivity contribution in [3.05, 3.63) is 0 Å². The molecule has 1 N–H and O–H groups in total. The number of rotatable bonds is 2. The van der Waals surface area contributed by atoms with E-state index >= 15 is 0 Å². The van der Waals surface area contributed by atoms with Crippen molar-refractivity contribution in [1.29, 1.82) is 0 Å². The second kappa shape index (κ2) is 4.62. The second-order valence-electron chi connectivity index (χ2n) is 4.93. The van der Waals surface area contributed by atoms with Crippen molar-refractivity contribution in [1.82, 2.24) is 15.1 Å². The minimum atomic E-state index is 0.230. The minimum Gasteiger partial charge on any atom is -0.325 e. The minimum absolute atomic E-state index is 0.230. The van der Waals surface area contributed by atoms with Gasteiger partial charge in [0.1, 0.15) is 0 Å². The predicted octanol–water partition coefficient (Wildman–Crippen LogP) is 1.13. The van der Waals surface area contributed by atoms with Crippen molar-refractivity contribution < 1.29 is 4.79 Å². The molecule has 0 bridgehead atoms. The van der Waals surface area contributed by atoms with Gasteiger partial charge in [0, 0.05) is 32.2 Å². The summed E-state index contributed by atoms with van der Waals surface area (Å²) < 4.78 is 0. The topological polar surface area (TPSA) is 35.6 Å². The number of urea groups is 1. The molecule has 0 radical (unpaired) electrons. The average Bonchev–Trinajstić information content (AvgIpc) is 2.78. The standard InChI is InChI=1S/C12H23N3O/c1-4-14(5-2)12(16)15-9(3)6-10-7-13-8-11(10)15/h9-11,13H,4-8H2,1-3H3. The molecule has 2 rings (SSSR count). The number of likely N-dealkylation sites (tertiary alicyclic amines) is 1. The van der Waals surface area contributed by atoms with Crippen molar-refractivity contribution in [2.24, 2.45) is 5.92 Å². The Balaban J connectivity index is 2.10. The summed E-state index contributed by atoms with van der Waals surface area (Å²) in [6, 6.07) is 1.07. The molecule has 0 spiro atoms. The molecule has 4 heteroatoms. The fourth-order valence-electron chi connectivity index (χ4n) is 3.15. The van der Waals surface area contributed by atoms with Crippen LogP contribution in [0, 0.1) is 5.92 Å². The first-order chi connectivity index (χ1) is 7.69. The Morgan fingerprint density at radius 1 is 1.38 bits per heavy atom. The maximum atomic E-state index is 12.4. The highest BCUT2D eigenvalue weighted by Gasteiger charge is 2.44. The van der Waals surface area contributed by atoms with E-state index in [4.69, 9.17) is 0 Å². The molecular formula is C12H23N3O. The first-order valence-electron chi connectivity index (χ1n) is 6.47. The molecule has 92 valence electrons. The van der Waals surface area contributed by atoms with Crippen LogP contribution in [0.2, 0.25) is 0 Å². The van der Waals surface area contributed by atoms with E-state index < -0.39 is 0 Å². The lowest BCUT2D eigenvalue weighted by Gasteiger charge is -2.33. The van der Waals surface area contributed by atoms with Crippen molar-refractivity contribution in [2.75, 3.05) is 26.2 Å². The molecule has 2 amide bonds. The van der Waals surface area contributed by atoms with E-state index in [9.17, 15) is 4.79 Å². The third-order valence-corrected chi connectivity index (χ3v) is 4.04. The van der Waals surface area contributed by atoms with E-state index in [1.54, 1.807) is 0 Å². The highest BCUT2D eigenvalue weighted by Crippen LogP contribution is 2.32. The van der Waals surface area contributed by atoms with E-state index in [1.165, 1.54) is 0 Å². The first kappa shape index (κ1) is 11.7. The van der Waals surface area contributed by atoms with Crippen LogP contribution in [0.15, 0.2) is 0 Å². The molecule has 0 aromatic heterocycles. The first-order valence-corrected chi connectivity index (χ1v) is 6.47. The zero-order valence-corrected chi connectivity index (χ0v) is 10.6. The van der Waals surface area contributed by atoms with Crippen LogP contribution in [-0.4, -0.2) is 54.1 Å². The highest BCUT2D eigenvalue weighted by atomic mass is 16.2. The number of hydrogen-bond acceptors (Lipinski definition) is 2. The summed E-state index contributed by atoms with van der Waals surface area (Å²) in [5.41, 5.74) is 0. The summed E-state index contributed by atoms with van der Waals surface area (Å²) >= 11 is 0. The van der Waals surface area contributed by atoms with Crippen LogP contribution in [-0.2, 0) is 0 Å². The molecule has 2 aliphatic heterocycles. The predicted molar refractivity (Wildman–Crippen MR) is 64.4 cm³/mol. The Bertz CT molecular complexity index is 265. The van der Waals surface area contributed by atoms with Crippen LogP contribution in [0.4, 0.5) is 4.79 Å². The molecule has 0 aliphatic carbocycles. The number of carbonyl (C=O) groups excluding carboxylic acids is 1. The summed E-state index contributed by atoms with van der Waals surface area (Å²) in [4.78, 5) is 16.4. The van der Waals surface area contributed by atoms with E-state index in [2.05, 4.69) is 17.1 Å². The fourth-order valence-corrected chi connectivity index (χ4v) is 3.15. The molecule has 2 fully saturated rings. The number of amides is 2. The van der Waals surface area contributed by atoms with Crippen LogP contribution >= 0.6 is 0 Å². The molecule has 3 unspecified atom stereocenters. The normalized spacial score (nSPS) is 32.9. The van der Waals surface area contributed by atoms with Gasteiger partial charge in [-0.2, -0.15) is 0 Å². The van der Waals surface area contributed by atoms with E-state index in [0.717, 1.165) is 32.6 Å². The lowest BCUT2D eigenvalue weighted by atomic mass is 10.0. The van der Waals surface area contributed by atoms with Gasteiger partial charge in [0.25, 0.3) is 0 Å². The molecular weight excluding hydrogens is 202 g/mol. The van der Waals surface area contributed by atoms with Crippen LogP contribution in [0.3, 0.4) is 0 Å². The fraction of sp³-hybridized carbons (Fsp3) is 0.917. The summed E-state index contributed by atoms with van der Waals surface area (Å²) in [6.07, 6.45) is 1.16. The Labute approximate surface area is 98.0 Å². The molecule has 0 aromatic rings. The van der Waals surface area contributed by atoms with E-state index in [-0.39, 0.29) is 6.03 Å². The number of hydrogen-bond donors (Lipinski definition) is 1. The Hall–Kier alpha value is -0.770. The summed E-state index contributed by atoms with van der Waals surface area (Å²) in [5.74, 6) is 0.675. The number of nitrogens with zero attached hydrogens (tertiary/aromatic N) is 2. The van der Waals surface area contributed by atoms with Gasteiger partial charge in [0.15, 0.2) is 0 Å². The van der Waals surface area contributed by atoms with Gasteiger partial charge in [0.05, 0.1) is 6.04 Å². The van der Waals surface area contributed by atoms with Gasteiger partial charge in [-0.25, -0.2) is 4.79 Å². The van der Waals surface area contributed by atoms with Crippen LogP contribution in [0.25, 0.3) is 0 Å². The molecule has 16 heavy (non-hydrogen) atoms. The quantitative estimate of drug-likeness (QED) is 0.764. The lowest BCUT2D eigenvalue weighted by Crippen LogP contribution is -2.49.